The minimum absolute atomic E-state index is 0.800. The molecule has 1 aromatic carbocycles. The van der Waals surface area contributed by atoms with Gasteiger partial charge in [-0.05, 0) is 40.8 Å². The van der Waals surface area contributed by atoms with Crippen LogP contribution in [0, 0.1) is 3.57 Å². The second kappa shape index (κ2) is 3.41. The van der Waals surface area contributed by atoms with Crippen LogP contribution in [0.15, 0.2) is 24.3 Å². The first kappa shape index (κ1) is 8.10. The molecule has 0 heterocycles. The van der Waals surface area contributed by atoms with Crippen LogP contribution >= 0.6 is 34.4 Å². The van der Waals surface area contributed by atoms with E-state index in [-0.39, 0.29) is 0 Å². The summed E-state index contributed by atoms with van der Waals surface area (Å²) in [6.07, 6.45) is 0. The fourth-order valence-electron chi connectivity index (χ4n) is 0.609. The van der Waals surface area contributed by atoms with Gasteiger partial charge in [0.05, 0.1) is 5.69 Å². The van der Waals surface area contributed by atoms with Crippen LogP contribution < -0.4 is 10.4 Å². The maximum absolute atomic E-state index is 5.48. The summed E-state index contributed by atoms with van der Waals surface area (Å²) >= 11 is 7.68. The predicted octanol–water partition coefficient (Wildman–Crippen LogP) is 2.13. The number of nitrogens with zero attached hydrogens (tertiary/aromatic N) is 1. The van der Waals surface area contributed by atoms with Gasteiger partial charge in [-0.2, -0.15) is 0 Å². The van der Waals surface area contributed by atoms with Crippen LogP contribution in [0.2, 0.25) is 0 Å². The Labute approximate surface area is 78.2 Å². The van der Waals surface area contributed by atoms with Gasteiger partial charge >= 0.3 is 0 Å². The molecular formula is C6H6ClIN2. The van der Waals surface area contributed by atoms with Crippen LogP contribution in [0.3, 0.4) is 0 Å². The summed E-state index contributed by atoms with van der Waals surface area (Å²) in [6, 6.07) is 7.62. The topological polar surface area (TPSA) is 29.3 Å². The van der Waals surface area contributed by atoms with Crippen molar-refractivity contribution in [2.45, 2.75) is 0 Å². The average Bonchev–Trinajstić information content (AvgIpc) is 1.88. The number of benzene rings is 1. The van der Waals surface area contributed by atoms with E-state index in [0.29, 0.717) is 0 Å². The summed E-state index contributed by atoms with van der Waals surface area (Å²) in [6.45, 7) is 0. The molecule has 0 aromatic heterocycles. The summed E-state index contributed by atoms with van der Waals surface area (Å²) in [5.41, 5.74) is 0.800. The van der Waals surface area contributed by atoms with Crippen LogP contribution in [0.1, 0.15) is 0 Å². The van der Waals surface area contributed by atoms with E-state index in [9.17, 15) is 0 Å². The van der Waals surface area contributed by atoms with Crippen LogP contribution in [0.4, 0.5) is 5.69 Å². The molecule has 0 bridgehead atoms. The Bertz CT molecular complexity index is 227. The molecule has 0 amide bonds. The highest BCUT2D eigenvalue weighted by Gasteiger charge is 1.95. The van der Waals surface area contributed by atoms with Crippen molar-refractivity contribution in [3.8, 4) is 0 Å². The summed E-state index contributed by atoms with van der Waals surface area (Å²) < 4.78 is 2.19. The van der Waals surface area contributed by atoms with Gasteiger partial charge in [0.15, 0.2) is 0 Å². The van der Waals surface area contributed by atoms with Crippen molar-refractivity contribution in [1.29, 1.82) is 0 Å². The van der Waals surface area contributed by atoms with E-state index in [1.807, 2.05) is 24.3 Å². The largest absolute Gasteiger partial charge is 0.232 e. The van der Waals surface area contributed by atoms with Crippen LogP contribution in [-0.4, -0.2) is 0 Å². The Morgan fingerprint density at radius 3 is 2.60 bits per heavy atom. The predicted molar refractivity (Wildman–Crippen MR) is 51.7 cm³/mol. The van der Waals surface area contributed by atoms with E-state index in [0.717, 1.165) is 13.8 Å². The van der Waals surface area contributed by atoms with Crippen molar-refractivity contribution in [3.63, 3.8) is 0 Å². The lowest BCUT2D eigenvalue weighted by Gasteiger charge is -2.07. The first-order chi connectivity index (χ1) is 4.70. The van der Waals surface area contributed by atoms with E-state index in [1.165, 1.54) is 0 Å². The summed E-state index contributed by atoms with van der Waals surface area (Å²) in [5.74, 6) is 5.28. The fraction of sp³-hybridized carbons (Fsp3) is 0. The highest BCUT2D eigenvalue weighted by molar-refractivity contribution is 14.1. The molecule has 0 saturated heterocycles. The quantitative estimate of drug-likeness (QED) is 0.366. The van der Waals surface area contributed by atoms with E-state index >= 15 is 0 Å². The van der Waals surface area contributed by atoms with Gasteiger partial charge in [-0.25, -0.2) is 10.4 Å². The monoisotopic (exact) mass is 268 g/mol. The van der Waals surface area contributed by atoms with Crippen molar-refractivity contribution in [2.24, 2.45) is 5.84 Å². The number of rotatable bonds is 1. The van der Waals surface area contributed by atoms with E-state index in [1.54, 1.807) is 0 Å². The molecule has 0 aliphatic rings. The molecule has 0 unspecified atom stereocenters. The maximum atomic E-state index is 5.48. The highest BCUT2D eigenvalue weighted by atomic mass is 127. The van der Waals surface area contributed by atoms with Crippen LogP contribution in [0.25, 0.3) is 0 Å². The molecular weight excluding hydrogens is 262 g/mol. The van der Waals surface area contributed by atoms with Gasteiger partial charge in [0.1, 0.15) is 0 Å². The SMILES string of the molecule is NN(Cl)c1cccc(I)c1. The molecule has 10 heavy (non-hydrogen) atoms. The Morgan fingerprint density at radius 1 is 1.50 bits per heavy atom. The lowest BCUT2D eigenvalue weighted by Crippen LogP contribution is -2.18. The lowest BCUT2D eigenvalue weighted by molar-refractivity contribution is 1.19. The molecule has 1 rings (SSSR count). The van der Waals surface area contributed by atoms with Crippen molar-refractivity contribution in [2.75, 3.05) is 4.53 Å². The normalized spacial score (nSPS) is 9.50. The van der Waals surface area contributed by atoms with Gasteiger partial charge in [0.2, 0.25) is 0 Å². The summed E-state index contributed by atoms with van der Waals surface area (Å²) in [7, 11) is 0. The third kappa shape index (κ3) is 2.00. The Balaban J connectivity index is 2.96. The molecule has 54 valence electrons. The van der Waals surface area contributed by atoms with Crippen LogP contribution in [0.5, 0.6) is 0 Å². The van der Waals surface area contributed by atoms with Gasteiger partial charge in [-0.3, -0.25) is 0 Å². The molecule has 2 N–H and O–H groups in total. The number of hydrazine groups is 1. The molecule has 2 nitrogen and oxygen atoms in total. The fourth-order valence-corrected chi connectivity index (χ4v) is 1.24. The minimum Gasteiger partial charge on any atom is -0.232 e. The van der Waals surface area contributed by atoms with Gasteiger partial charge in [-0.1, -0.05) is 6.07 Å². The molecule has 0 saturated carbocycles. The van der Waals surface area contributed by atoms with Gasteiger partial charge in [0, 0.05) is 15.3 Å². The van der Waals surface area contributed by atoms with Crippen molar-refractivity contribution in [3.05, 3.63) is 27.8 Å². The first-order valence-corrected chi connectivity index (χ1v) is 4.08. The molecule has 0 aliphatic heterocycles. The van der Waals surface area contributed by atoms with Crippen molar-refractivity contribution in [1.82, 2.24) is 0 Å². The van der Waals surface area contributed by atoms with Gasteiger partial charge < -0.3 is 0 Å². The van der Waals surface area contributed by atoms with Crippen molar-refractivity contribution < 1.29 is 0 Å². The number of halogens is 2. The standard InChI is InChI=1S/C6H6ClIN2/c7-10(9)6-3-1-2-5(8)4-6/h1-4H,9H2. The maximum Gasteiger partial charge on any atom is 0.0713 e. The molecule has 0 atom stereocenters. The number of hydrogen-bond donors (Lipinski definition) is 1. The number of anilines is 1. The smallest absolute Gasteiger partial charge is 0.0713 e. The zero-order valence-electron chi connectivity index (χ0n) is 5.09. The second-order valence-corrected chi connectivity index (χ2v) is 3.40. The molecule has 4 heteroatoms. The number of hydrogen-bond acceptors (Lipinski definition) is 2. The molecule has 0 spiro atoms. The molecule has 0 aliphatic carbocycles. The minimum atomic E-state index is 0.800. The Morgan fingerprint density at radius 2 is 2.20 bits per heavy atom. The van der Waals surface area contributed by atoms with Crippen molar-refractivity contribution >= 4 is 40.1 Å². The lowest BCUT2D eigenvalue weighted by atomic mass is 10.3. The van der Waals surface area contributed by atoms with Gasteiger partial charge in [0.25, 0.3) is 0 Å². The summed E-state index contributed by atoms with van der Waals surface area (Å²) in [5, 5.41) is 0. The Hall–Kier alpha value is -0.000000000000000111. The highest BCUT2D eigenvalue weighted by Crippen LogP contribution is 2.15. The first-order valence-electron chi connectivity index (χ1n) is 2.66. The average molecular weight is 268 g/mol. The molecule has 0 fully saturated rings. The van der Waals surface area contributed by atoms with E-state index in [2.05, 4.69) is 22.6 Å². The Kier molecular flexibility index (Phi) is 2.76. The van der Waals surface area contributed by atoms with E-state index in [4.69, 9.17) is 17.6 Å². The second-order valence-electron chi connectivity index (χ2n) is 1.79. The third-order valence-corrected chi connectivity index (χ3v) is 1.92. The molecule has 0 radical (unpaired) electrons. The van der Waals surface area contributed by atoms with Crippen LogP contribution in [-0.2, 0) is 0 Å². The van der Waals surface area contributed by atoms with E-state index < -0.39 is 0 Å². The molecule has 1 aromatic rings. The number of nitrogens with two attached hydrogens (primary N) is 1. The third-order valence-electron chi connectivity index (χ3n) is 1.05. The zero-order chi connectivity index (χ0) is 7.56. The van der Waals surface area contributed by atoms with Gasteiger partial charge in [-0.15, -0.1) is 0 Å². The zero-order valence-corrected chi connectivity index (χ0v) is 8.00. The summed E-state index contributed by atoms with van der Waals surface area (Å²) in [4.78, 5) is 0.